The lowest BCUT2D eigenvalue weighted by atomic mass is 9.92. The minimum atomic E-state index is -3.57. The second-order valence-electron chi connectivity index (χ2n) is 5.63. The Hall–Kier alpha value is -0.910. The van der Waals surface area contributed by atoms with Crippen LogP contribution in [0.15, 0.2) is 29.2 Å². The van der Waals surface area contributed by atoms with Crippen LogP contribution in [0.1, 0.15) is 37.7 Å². The molecule has 1 aromatic rings. The molecule has 0 spiro atoms. The highest BCUT2D eigenvalue weighted by atomic mass is 32.2. The molecule has 3 N–H and O–H groups in total. The molecule has 1 heterocycles. The molecule has 1 saturated heterocycles. The monoisotopic (exact) mass is 296 g/mol. The zero-order chi connectivity index (χ0) is 14.4. The van der Waals surface area contributed by atoms with Crippen LogP contribution >= 0.6 is 0 Å². The van der Waals surface area contributed by atoms with E-state index >= 15 is 0 Å². The van der Waals surface area contributed by atoms with Crippen LogP contribution in [-0.2, 0) is 16.4 Å². The van der Waals surface area contributed by atoms with E-state index in [1.54, 1.807) is 12.1 Å². The Morgan fingerprint density at radius 1 is 1.10 bits per heavy atom. The lowest BCUT2D eigenvalue weighted by Gasteiger charge is -2.22. The first-order chi connectivity index (χ1) is 9.55. The first kappa shape index (κ1) is 15.5. The first-order valence-electron chi connectivity index (χ1n) is 7.38. The SMILES string of the molecule is NS(=O)(=O)c1ccc(CCCCC2CCNCC2)cc1. The number of rotatable bonds is 6. The van der Waals surface area contributed by atoms with Gasteiger partial charge in [0.2, 0.25) is 10.0 Å². The first-order valence-corrected chi connectivity index (χ1v) is 8.93. The zero-order valence-electron chi connectivity index (χ0n) is 11.8. The highest BCUT2D eigenvalue weighted by Crippen LogP contribution is 2.19. The fourth-order valence-electron chi connectivity index (χ4n) is 2.78. The predicted molar refractivity (Wildman–Crippen MR) is 81.0 cm³/mol. The molecule has 20 heavy (non-hydrogen) atoms. The van der Waals surface area contributed by atoms with E-state index < -0.39 is 10.0 Å². The van der Waals surface area contributed by atoms with Crippen molar-refractivity contribution >= 4 is 10.0 Å². The van der Waals surface area contributed by atoms with Gasteiger partial charge in [-0.05, 0) is 62.4 Å². The number of nitrogens with one attached hydrogen (secondary N) is 1. The van der Waals surface area contributed by atoms with Crippen molar-refractivity contribution in [3.63, 3.8) is 0 Å². The Bertz CT molecular complexity index is 505. The molecule has 4 nitrogen and oxygen atoms in total. The van der Waals surface area contributed by atoms with E-state index in [4.69, 9.17) is 5.14 Å². The zero-order valence-corrected chi connectivity index (χ0v) is 12.7. The molecule has 0 aromatic heterocycles. The van der Waals surface area contributed by atoms with Gasteiger partial charge in [-0.15, -0.1) is 0 Å². The van der Waals surface area contributed by atoms with E-state index in [0.29, 0.717) is 0 Å². The molecule has 1 fully saturated rings. The maximum Gasteiger partial charge on any atom is 0.238 e. The minimum Gasteiger partial charge on any atom is -0.317 e. The van der Waals surface area contributed by atoms with Crippen molar-refractivity contribution in [2.75, 3.05) is 13.1 Å². The van der Waals surface area contributed by atoms with E-state index in [0.717, 1.165) is 12.3 Å². The molecule has 1 aliphatic rings. The largest absolute Gasteiger partial charge is 0.317 e. The van der Waals surface area contributed by atoms with E-state index in [-0.39, 0.29) is 4.90 Å². The van der Waals surface area contributed by atoms with Gasteiger partial charge in [0.05, 0.1) is 4.90 Å². The van der Waals surface area contributed by atoms with Gasteiger partial charge >= 0.3 is 0 Å². The number of nitrogens with two attached hydrogens (primary N) is 1. The topological polar surface area (TPSA) is 72.2 Å². The maximum atomic E-state index is 11.2. The summed E-state index contributed by atoms with van der Waals surface area (Å²) in [5.74, 6) is 0.890. The van der Waals surface area contributed by atoms with E-state index in [1.807, 2.05) is 12.1 Å². The van der Waals surface area contributed by atoms with Gasteiger partial charge in [-0.1, -0.05) is 25.0 Å². The Kier molecular flexibility index (Phi) is 5.57. The van der Waals surface area contributed by atoms with E-state index in [1.165, 1.54) is 50.8 Å². The second-order valence-corrected chi connectivity index (χ2v) is 7.19. The van der Waals surface area contributed by atoms with Crippen LogP contribution in [0, 0.1) is 5.92 Å². The molecule has 0 aliphatic carbocycles. The number of hydrogen-bond donors (Lipinski definition) is 2. The fourth-order valence-corrected chi connectivity index (χ4v) is 3.29. The second kappa shape index (κ2) is 7.20. The molecule has 5 heteroatoms. The average molecular weight is 296 g/mol. The van der Waals surface area contributed by atoms with Crippen molar-refractivity contribution in [2.24, 2.45) is 11.1 Å². The van der Waals surface area contributed by atoms with Crippen molar-refractivity contribution in [1.82, 2.24) is 5.32 Å². The Labute approximate surface area is 121 Å². The number of unbranched alkanes of at least 4 members (excludes halogenated alkanes) is 1. The highest BCUT2D eigenvalue weighted by Gasteiger charge is 2.12. The summed E-state index contributed by atoms with van der Waals surface area (Å²) >= 11 is 0. The third-order valence-corrected chi connectivity index (χ3v) is 4.97. The van der Waals surface area contributed by atoms with Gasteiger partial charge in [0.1, 0.15) is 0 Å². The summed E-state index contributed by atoms with van der Waals surface area (Å²) in [4.78, 5) is 0.191. The average Bonchev–Trinajstić information content (AvgIpc) is 2.44. The molecule has 0 unspecified atom stereocenters. The molecule has 2 rings (SSSR count). The van der Waals surface area contributed by atoms with Crippen LogP contribution in [-0.4, -0.2) is 21.5 Å². The number of hydrogen-bond acceptors (Lipinski definition) is 3. The number of piperidine rings is 1. The fraction of sp³-hybridized carbons (Fsp3) is 0.600. The van der Waals surface area contributed by atoms with Crippen molar-refractivity contribution < 1.29 is 8.42 Å². The lowest BCUT2D eigenvalue weighted by molar-refractivity contribution is 0.344. The summed E-state index contributed by atoms with van der Waals surface area (Å²) in [6.45, 7) is 2.33. The molecule has 112 valence electrons. The van der Waals surface area contributed by atoms with Gasteiger partial charge in [0.25, 0.3) is 0 Å². The number of primary sulfonamides is 1. The Morgan fingerprint density at radius 2 is 1.75 bits per heavy atom. The Balaban J connectivity index is 1.71. The molecule has 1 aliphatic heterocycles. The summed E-state index contributed by atoms with van der Waals surface area (Å²) in [7, 11) is -3.57. The summed E-state index contributed by atoms with van der Waals surface area (Å²) in [6.07, 6.45) is 7.36. The molecule has 0 saturated carbocycles. The number of benzene rings is 1. The van der Waals surface area contributed by atoms with Gasteiger partial charge in [-0.2, -0.15) is 0 Å². The van der Waals surface area contributed by atoms with Crippen LogP contribution in [0.4, 0.5) is 0 Å². The molecule has 0 radical (unpaired) electrons. The quantitative estimate of drug-likeness (QED) is 0.789. The minimum absolute atomic E-state index is 0.191. The van der Waals surface area contributed by atoms with Gasteiger partial charge in [-0.25, -0.2) is 13.6 Å². The van der Waals surface area contributed by atoms with Crippen molar-refractivity contribution in [2.45, 2.75) is 43.4 Å². The van der Waals surface area contributed by atoms with E-state index in [9.17, 15) is 8.42 Å². The van der Waals surface area contributed by atoms with Crippen LogP contribution in [0.25, 0.3) is 0 Å². The third-order valence-electron chi connectivity index (χ3n) is 4.04. The van der Waals surface area contributed by atoms with Crippen molar-refractivity contribution in [1.29, 1.82) is 0 Å². The summed E-state index contributed by atoms with van der Waals surface area (Å²) in [6, 6.07) is 6.92. The number of sulfonamides is 1. The molecule has 0 amide bonds. The van der Waals surface area contributed by atoms with E-state index in [2.05, 4.69) is 5.32 Å². The smallest absolute Gasteiger partial charge is 0.238 e. The molecule has 0 atom stereocenters. The lowest BCUT2D eigenvalue weighted by Crippen LogP contribution is -2.27. The molecular formula is C15H24N2O2S. The summed E-state index contributed by atoms with van der Waals surface area (Å²) in [5, 5.41) is 8.47. The highest BCUT2D eigenvalue weighted by molar-refractivity contribution is 7.89. The van der Waals surface area contributed by atoms with Crippen molar-refractivity contribution in [3.05, 3.63) is 29.8 Å². The molecular weight excluding hydrogens is 272 g/mol. The number of aryl methyl sites for hydroxylation is 1. The van der Waals surface area contributed by atoms with Gasteiger partial charge in [0, 0.05) is 0 Å². The standard InChI is InChI=1S/C15H24N2O2S/c16-20(18,19)15-7-5-13(6-8-15)3-1-2-4-14-9-11-17-12-10-14/h5-8,14,17H,1-4,9-12H2,(H2,16,18,19). The van der Waals surface area contributed by atoms with Crippen LogP contribution in [0.5, 0.6) is 0 Å². The van der Waals surface area contributed by atoms with Gasteiger partial charge < -0.3 is 5.32 Å². The maximum absolute atomic E-state index is 11.2. The van der Waals surface area contributed by atoms with Crippen LogP contribution in [0.3, 0.4) is 0 Å². The molecule has 0 bridgehead atoms. The normalized spacial score (nSPS) is 17.2. The predicted octanol–water partition coefficient (Wildman–Crippen LogP) is 2.05. The van der Waals surface area contributed by atoms with Crippen molar-refractivity contribution in [3.8, 4) is 0 Å². The van der Waals surface area contributed by atoms with Crippen LogP contribution in [0.2, 0.25) is 0 Å². The Morgan fingerprint density at radius 3 is 2.35 bits per heavy atom. The van der Waals surface area contributed by atoms with Crippen LogP contribution < -0.4 is 10.5 Å². The third kappa shape index (κ3) is 4.89. The summed E-state index contributed by atoms with van der Waals surface area (Å²) < 4.78 is 22.3. The molecule has 1 aromatic carbocycles. The van der Waals surface area contributed by atoms with Gasteiger partial charge in [-0.3, -0.25) is 0 Å². The summed E-state index contributed by atoms with van der Waals surface area (Å²) in [5.41, 5.74) is 1.18. The van der Waals surface area contributed by atoms with Gasteiger partial charge in [0.15, 0.2) is 0 Å².